The molecule has 162 valence electrons. The van der Waals surface area contributed by atoms with E-state index in [2.05, 4.69) is 48.8 Å². The van der Waals surface area contributed by atoms with Gasteiger partial charge in [-0.3, -0.25) is 4.90 Å². The highest BCUT2D eigenvalue weighted by Crippen LogP contribution is 2.43. The largest absolute Gasteiger partial charge is 0.341 e. The fraction of sp³-hybridized carbons (Fsp3) is 0.542. The first-order valence-corrected chi connectivity index (χ1v) is 12.4. The lowest BCUT2D eigenvalue weighted by Gasteiger charge is -2.47. The standard InChI is InChI=1S/C24H30N6S/c1-18-27-22-21(30(18)14-19-5-6-19)16-28(15-20-4-2-13-31-20)17-24(22)7-11-29(12-8-24)23-25-9-3-10-26-23/h2-4,9-10,13,19H,5-8,11-12,14-17H2,1H3. The van der Waals surface area contributed by atoms with Gasteiger partial charge in [-0.1, -0.05) is 6.07 Å². The van der Waals surface area contributed by atoms with Crippen molar-refractivity contribution in [3.8, 4) is 0 Å². The molecule has 1 spiro atoms. The van der Waals surface area contributed by atoms with E-state index in [1.165, 1.54) is 34.9 Å². The van der Waals surface area contributed by atoms with Gasteiger partial charge in [0.1, 0.15) is 5.82 Å². The van der Waals surface area contributed by atoms with Crippen molar-refractivity contribution in [2.24, 2.45) is 5.92 Å². The van der Waals surface area contributed by atoms with Crippen LogP contribution in [0.3, 0.4) is 0 Å². The molecule has 2 fully saturated rings. The normalized spacial score (nSPS) is 20.9. The molecule has 2 aliphatic heterocycles. The number of hydrogen-bond donors (Lipinski definition) is 0. The van der Waals surface area contributed by atoms with Crippen LogP contribution in [0.1, 0.15) is 47.8 Å². The number of aromatic nitrogens is 4. The molecule has 3 aliphatic rings. The van der Waals surface area contributed by atoms with Crippen molar-refractivity contribution in [3.05, 3.63) is 58.1 Å². The molecule has 3 aromatic heterocycles. The fourth-order valence-electron chi connectivity index (χ4n) is 5.49. The van der Waals surface area contributed by atoms with Crippen LogP contribution in [0.5, 0.6) is 0 Å². The predicted molar refractivity (Wildman–Crippen MR) is 123 cm³/mol. The molecule has 6 nitrogen and oxygen atoms in total. The number of fused-ring (bicyclic) bond motifs is 2. The molecule has 0 aromatic carbocycles. The Morgan fingerprint density at radius 1 is 1.13 bits per heavy atom. The molecular formula is C24H30N6S. The van der Waals surface area contributed by atoms with Crippen LogP contribution in [0.4, 0.5) is 5.95 Å². The van der Waals surface area contributed by atoms with Crippen molar-refractivity contribution in [1.82, 2.24) is 24.4 Å². The van der Waals surface area contributed by atoms with Gasteiger partial charge < -0.3 is 9.47 Å². The van der Waals surface area contributed by atoms with E-state index in [-0.39, 0.29) is 5.41 Å². The summed E-state index contributed by atoms with van der Waals surface area (Å²) in [5.41, 5.74) is 3.01. The fourth-order valence-corrected chi connectivity index (χ4v) is 6.23. The number of anilines is 1. The molecule has 0 atom stereocenters. The van der Waals surface area contributed by atoms with Gasteiger partial charge >= 0.3 is 0 Å². The Bertz CT molecular complexity index is 1030. The molecule has 1 aliphatic carbocycles. The van der Waals surface area contributed by atoms with Crippen LogP contribution < -0.4 is 4.90 Å². The van der Waals surface area contributed by atoms with Gasteiger partial charge in [0.15, 0.2) is 0 Å². The molecule has 0 bridgehead atoms. The number of aryl methyl sites for hydroxylation is 1. The summed E-state index contributed by atoms with van der Waals surface area (Å²) in [6.07, 6.45) is 8.66. The zero-order valence-electron chi connectivity index (χ0n) is 18.2. The third kappa shape index (κ3) is 3.68. The van der Waals surface area contributed by atoms with E-state index < -0.39 is 0 Å². The van der Waals surface area contributed by atoms with Gasteiger partial charge in [-0.25, -0.2) is 15.0 Å². The van der Waals surface area contributed by atoms with Crippen LogP contribution in [0.2, 0.25) is 0 Å². The van der Waals surface area contributed by atoms with Crippen molar-refractivity contribution >= 4 is 17.3 Å². The highest BCUT2D eigenvalue weighted by molar-refractivity contribution is 7.09. The van der Waals surface area contributed by atoms with E-state index in [1.54, 1.807) is 0 Å². The number of piperidine rings is 1. The minimum Gasteiger partial charge on any atom is -0.341 e. The zero-order chi connectivity index (χ0) is 20.8. The Morgan fingerprint density at radius 2 is 1.94 bits per heavy atom. The Balaban J connectivity index is 1.31. The predicted octanol–water partition coefficient (Wildman–Crippen LogP) is 4.01. The molecular weight excluding hydrogens is 404 g/mol. The summed E-state index contributed by atoms with van der Waals surface area (Å²) in [6.45, 7) is 8.51. The summed E-state index contributed by atoms with van der Waals surface area (Å²) < 4.78 is 2.56. The summed E-state index contributed by atoms with van der Waals surface area (Å²) in [6, 6.07) is 6.33. The zero-order valence-corrected chi connectivity index (χ0v) is 19.0. The second-order valence-corrected chi connectivity index (χ2v) is 10.6. The molecule has 3 aromatic rings. The molecule has 6 rings (SSSR count). The monoisotopic (exact) mass is 434 g/mol. The first-order valence-electron chi connectivity index (χ1n) is 11.5. The van der Waals surface area contributed by atoms with Crippen LogP contribution >= 0.6 is 11.3 Å². The van der Waals surface area contributed by atoms with Crippen LogP contribution in [0.15, 0.2) is 36.0 Å². The SMILES string of the molecule is Cc1nc2c(n1CC1CC1)CN(Cc1cccs1)CC21CCN(c2ncccn2)CC1. The van der Waals surface area contributed by atoms with Crippen LogP contribution in [-0.2, 0) is 25.0 Å². The quantitative estimate of drug-likeness (QED) is 0.607. The Hall–Kier alpha value is -2.25. The second-order valence-electron chi connectivity index (χ2n) is 9.55. The van der Waals surface area contributed by atoms with E-state index in [1.807, 2.05) is 29.8 Å². The van der Waals surface area contributed by atoms with Gasteiger partial charge in [0.25, 0.3) is 0 Å². The van der Waals surface area contributed by atoms with Gasteiger partial charge in [-0.15, -0.1) is 11.3 Å². The van der Waals surface area contributed by atoms with Crippen molar-refractivity contribution in [3.63, 3.8) is 0 Å². The third-order valence-corrected chi connectivity index (χ3v) is 8.18. The van der Waals surface area contributed by atoms with E-state index in [9.17, 15) is 0 Å². The van der Waals surface area contributed by atoms with Crippen molar-refractivity contribution in [1.29, 1.82) is 0 Å². The summed E-state index contributed by atoms with van der Waals surface area (Å²) in [5.74, 6) is 2.93. The smallest absolute Gasteiger partial charge is 0.225 e. The number of imidazole rings is 1. The van der Waals surface area contributed by atoms with Gasteiger partial charge in [-0.05, 0) is 56.0 Å². The van der Waals surface area contributed by atoms with Gasteiger partial charge in [0, 0.05) is 62.0 Å². The summed E-state index contributed by atoms with van der Waals surface area (Å²) in [5, 5.41) is 2.19. The van der Waals surface area contributed by atoms with Gasteiger partial charge in [-0.2, -0.15) is 0 Å². The molecule has 5 heterocycles. The average molecular weight is 435 g/mol. The highest BCUT2D eigenvalue weighted by atomic mass is 32.1. The highest BCUT2D eigenvalue weighted by Gasteiger charge is 2.45. The Labute approximate surface area is 188 Å². The molecule has 0 N–H and O–H groups in total. The molecule has 0 amide bonds. The maximum absolute atomic E-state index is 5.23. The molecule has 7 heteroatoms. The van der Waals surface area contributed by atoms with Crippen molar-refractivity contribution in [2.45, 2.75) is 57.7 Å². The van der Waals surface area contributed by atoms with E-state index in [0.717, 1.165) is 64.0 Å². The topological polar surface area (TPSA) is 50.1 Å². The van der Waals surface area contributed by atoms with E-state index in [0.29, 0.717) is 0 Å². The van der Waals surface area contributed by atoms with Crippen molar-refractivity contribution in [2.75, 3.05) is 24.5 Å². The number of rotatable bonds is 5. The summed E-state index contributed by atoms with van der Waals surface area (Å²) >= 11 is 1.87. The van der Waals surface area contributed by atoms with Crippen LogP contribution in [-0.4, -0.2) is 44.1 Å². The number of nitrogens with zero attached hydrogens (tertiary/aromatic N) is 6. The molecule has 31 heavy (non-hydrogen) atoms. The van der Waals surface area contributed by atoms with E-state index in [4.69, 9.17) is 4.98 Å². The maximum Gasteiger partial charge on any atom is 0.225 e. The van der Waals surface area contributed by atoms with Crippen LogP contribution in [0, 0.1) is 12.8 Å². The van der Waals surface area contributed by atoms with Gasteiger partial charge in [0.05, 0.1) is 11.4 Å². The second kappa shape index (κ2) is 7.71. The Kier molecular flexibility index (Phi) is 4.83. The first kappa shape index (κ1) is 19.4. The molecule has 0 unspecified atom stereocenters. The molecule has 1 saturated heterocycles. The molecule has 1 saturated carbocycles. The average Bonchev–Trinajstić information content (AvgIpc) is 3.37. The lowest BCUT2D eigenvalue weighted by molar-refractivity contribution is 0.139. The Morgan fingerprint density at radius 3 is 2.65 bits per heavy atom. The first-order chi connectivity index (χ1) is 15.2. The minimum atomic E-state index is 0.135. The summed E-state index contributed by atoms with van der Waals surface area (Å²) in [7, 11) is 0. The maximum atomic E-state index is 5.23. The van der Waals surface area contributed by atoms with Crippen LogP contribution in [0.25, 0.3) is 0 Å². The minimum absolute atomic E-state index is 0.135. The molecule has 0 radical (unpaired) electrons. The van der Waals surface area contributed by atoms with Crippen molar-refractivity contribution < 1.29 is 0 Å². The third-order valence-electron chi connectivity index (χ3n) is 7.32. The number of hydrogen-bond acceptors (Lipinski definition) is 6. The number of thiophene rings is 1. The summed E-state index contributed by atoms with van der Waals surface area (Å²) in [4.78, 5) is 20.7. The lowest BCUT2D eigenvalue weighted by Crippen LogP contribution is -2.52. The van der Waals surface area contributed by atoms with E-state index >= 15 is 0 Å². The lowest BCUT2D eigenvalue weighted by atomic mass is 9.72. The van der Waals surface area contributed by atoms with Gasteiger partial charge in [0.2, 0.25) is 5.95 Å².